The Morgan fingerprint density at radius 2 is 1.10 bits per heavy atom. The Bertz CT molecular complexity index is 1440. The molecule has 212 valence electrons. The highest BCUT2D eigenvalue weighted by Crippen LogP contribution is 2.40. The Hall–Kier alpha value is -4.32. The maximum absolute atomic E-state index is 12.6. The van der Waals surface area contributed by atoms with Gasteiger partial charge in [0.25, 0.3) is 0 Å². The van der Waals surface area contributed by atoms with Gasteiger partial charge in [-0.05, 0) is 46.6 Å². The van der Waals surface area contributed by atoms with E-state index in [2.05, 4.69) is 0 Å². The second-order valence-electron chi connectivity index (χ2n) is 9.00. The highest BCUT2D eigenvalue weighted by molar-refractivity contribution is 6.32. The van der Waals surface area contributed by atoms with Crippen LogP contribution in [-0.2, 0) is 23.8 Å². The molecule has 41 heavy (non-hydrogen) atoms. The number of carbonyl (C=O) groups excluding carboxylic acids is 2. The largest absolute Gasteiger partial charge is 0.463 e. The first-order valence-corrected chi connectivity index (χ1v) is 12.7. The van der Waals surface area contributed by atoms with Gasteiger partial charge < -0.3 is 14.2 Å². The van der Waals surface area contributed by atoms with Crippen LogP contribution in [0.15, 0.2) is 85.0 Å². The van der Waals surface area contributed by atoms with Gasteiger partial charge in [0, 0.05) is 44.2 Å². The van der Waals surface area contributed by atoms with Gasteiger partial charge in [-0.1, -0.05) is 59.6 Å². The van der Waals surface area contributed by atoms with E-state index in [1.54, 1.807) is 48.5 Å². The van der Waals surface area contributed by atoms with E-state index in [1.807, 2.05) is 0 Å². The normalized spacial score (nSPS) is 25.1. The summed E-state index contributed by atoms with van der Waals surface area (Å²) in [6.45, 7) is 0. The molecule has 0 N–H and O–H groups in total. The van der Waals surface area contributed by atoms with Crippen LogP contribution < -0.4 is 0 Å². The number of carbonyl (C=O) groups is 2. The van der Waals surface area contributed by atoms with Gasteiger partial charge in [0.2, 0.25) is 0 Å². The number of hydrogen-bond donors (Lipinski definition) is 0. The summed E-state index contributed by atoms with van der Waals surface area (Å²) in [6, 6.07) is 13.0. The molecule has 0 spiro atoms. The molecule has 2 aromatic rings. The zero-order valence-electron chi connectivity index (χ0n) is 21.6. The fourth-order valence-electron chi connectivity index (χ4n) is 4.62. The van der Waals surface area contributed by atoms with Crippen LogP contribution in [0, 0.1) is 20.2 Å². The lowest BCUT2D eigenvalue weighted by atomic mass is 9.83. The molecule has 4 atom stereocenters. The van der Waals surface area contributed by atoms with Crippen LogP contribution in [0.25, 0.3) is 11.1 Å². The Morgan fingerprint density at radius 1 is 0.732 bits per heavy atom. The van der Waals surface area contributed by atoms with Crippen molar-refractivity contribution in [1.29, 1.82) is 0 Å². The summed E-state index contributed by atoms with van der Waals surface area (Å²) in [5.74, 6) is -2.27. The van der Waals surface area contributed by atoms with Crippen LogP contribution in [0.4, 0.5) is 0 Å². The first-order chi connectivity index (χ1) is 19.5. The summed E-state index contributed by atoms with van der Waals surface area (Å²) >= 11 is 12.9. The minimum absolute atomic E-state index is 0.172. The van der Waals surface area contributed by atoms with Crippen LogP contribution in [0.2, 0.25) is 10.0 Å². The van der Waals surface area contributed by atoms with E-state index in [0.717, 1.165) is 38.5 Å². The van der Waals surface area contributed by atoms with E-state index < -0.39 is 45.1 Å². The average molecular weight is 601 g/mol. The van der Waals surface area contributed by atoms with Gasteiger partial charge in [0.15, 0.2) is 0 Å². The molecule has 0 radical (unpaired) electrons. The monoisotopic (exact) mass is 600 g/mol. The molecule has 0 amide bonds. The Morgan fingerprint density at radius 3 is 1.41 bits per heavy atom. The first kappa shape index (κ1) is 29.7. The molecule has 2 aliphatic carbocycles. The van der Waals surface area contributed by atoms with Crippen molar-refractivity contribution < 1.29 is 33.6 Å². The average Bonchev–Trinajstić information content (AvgIpc) is 2.97. The van der Waals surface area contributed by atoms with Crippen molar-refractivity contribution >= 4 is 46.3 Å². The number of nitro groups is 2. The Kier molecular flexibility index (Phi) is 8.43. The highest BCUT2D eigenvalue weighted by atomic mass is 35.5. The lowest BCUT2D eigenvalue weighted by molar-refractivity contribution is -0.527. The lowest BCUT2D eigenvalue weighted by Gasteiger charge is -2.32. The maximum atomic E-state index is 12.6. The molecule has 0 aromatic heterocycles. The highest BCUT2D eigenvalue weighted by Gasteiger charge is 2.53. The zero-order chi connectivity index (χ0) is 29.9. The van der Waals surface area contributed by atoms with E-state index in [0.29, 0.717) is 11.1 Å². The molecule has 11 nitrogen and oxygen atoms in total. The molecule has 0 saturated carbocycles. The predicted octanol–water partition coefficient (Wildman–Crippen LogP) is 4.73. The standard InChI is InChI=1S/C28H22Cl2N2O9/c1-39-25(33)27(31(35)36)13-11-23(19(15-27)17-7-3-5-9-21(17)29)41-24-12-14-28(32(37)38,26(34)40-2)16-20(24)18-8-4-6-10-22(18)30/h3-16,23-24H,1-2H3. The van der Waals surface area contributed by atoms with E-state index in [-0.39, 0.29) is 21.2 Å². The number of hydrogen-bond acceptors (Lipinski definition) is 9. The van der Waals surface area contributed by atoms with Gasteiger partial charge in [0.05, 0.1) is 14.2 Å². The van der Waals surface area contributed by atoms with E-state index in [1.165, 1.54) is 12.2 Å². The summed E-state index contributed by atoms with van der Waals surface area (Å²) in [4.78, 5) is 47.9. The third kappa shape index (κ3) is 5.26. The Labute approximate surface area is 243 Å². The molecule has 4 unspecified atom stereocenters. The molecular formula is C28H22Cl2N2O9. The van der Waals surface area contributed by atoms with E-state index in [4.69, 9.17) is 37.4 Å². The second-order valence-corrected chi connectivity index (χ2v) is 9.82. The van der Waals surface area contributed by atoms with Crippen molar-refractivity contribution in [3.8, 4) is 0 Å². The second kappa shape index (κ2) is 11.7. The van der Waals surface area contributed by atoms with Crippen LogP contribution in [-0.4, -0.2) is 59.3 Å². The van der Waals surface area contributed by atoms with Crippen molar-refractivity contribution in [2.24, 2.45) is 0 Å². The third-order valence-electron chi connectivity index (χ3n) is 6.71. The van der Waals surface area contributed by atoms with Crippen molar-refractivity contribution in [3.63, 3.8) is 0 Å². The fraction of sp³-hybridized carbons (Fsp3) is 0.214. The Balaban J connectivity index is 1.87. The van der Waals surface area contributed by atoms with Gasteiger partial charge in [-0.25, -0.2) is 9.59 Å². The summed E-state index contributed by atoms with van der Waals surface area (Å²) in [5, 5.41) is 24.7. The van der Waals surface area contributed by atoms with E-state index in [9.17, 15) is 29.8 Å². The summed E-state index contributed by atoms with van der Waals surface area (Å²) in [7, 11) is 2.06. The van der Waals surface area contributed by atoms with Crippen molar-refractivity contribution in [1.82, 2.24) is 0 Å². The molecule has 0 heterocycles. The smallest absolute Gasteiger partial charge is 0.393 e. The summed E-state index contributed by atoms with van der Waals surface area (Å²) in [6.07, 6.45) is 4.83. The number of halogens is 2. The minimum Gasteiger partial charge on any atom is -0.463 e. The molecule has 0 fully saturated rings. The molecule has 4 rings (SSSR count). The van der Waals surface area contributed by atoms with Crippen LogP contribution in [0.3, 0.4) is 0 Å². The van der Waals surface area contributed by atoms with Crippen molar-refractivity contribution in [3.05, 3.63) is 126 Å². The topological polar surface area (TPSA) is 148 Å². The zero-order valence-corrected chi connectivity index (χ0v) is 23.1. The lowest BCUT2D eigenvalue weighted by Crippen LogP contribution is -2.47. The van der Waals surface area contributed by atoms with Gasteiger partial charge in [-0.3, -0.25) is 20.2 Å². The number of esters is 2. The quantitative estimate of drug-likeness (QED) is 0.181. The van der Waals surface area contributed by atoms with Crippen molar-refractivity contribution in [2.75, 3.05) is 14.2 Å². The van der Waals surface area contributed by atoms with Gasteiger partial charge in [-0.15, -0.1) is 0 Å². The molecule has 2 aliphatic rings. The summed E-state index contributed by atoms with van der Waals surface area (Å²) < 4.78 is 15.8. The van der Waals surface area contributed by atoms with Gasteiger partial charge >= 0.3 is 23.0 Å². The maximum Gasteiger partial charge on any atom is 0.393 e. The predicted molar refractivity (Wildman–Crippen MR) is 149 cm³/mol. The van der Waals surface area contributed by atoms with Gasteiger partial charge in [0.1, 0.15) is 12.2 Å². The number of rotatable bonds is 8. The number of benzene rings is 2. The number of nitrogens with zero attached hydrogens (tertiary/aromatic N) is 2. The van der Waals surface area contributed by atoms with Crippen molar-refractivity contribution in [2.45, 2.75) is 23.3 Å². The molecule has 13 heteroatoms. The van der Waals surface area contributed by atoms with Gasteiger partial charge in [-0.2, -0.15) is 0 Å². The minimum atomic E-state index is -2.36. The number of ether oxygens (including phenoxy) is 3. The van der Waals surface area contributed by atoms with Crippen LogP contribution >= 0.6 is 23.2 Å². The fourth-order valence-corrected chi connectivity index (χ4v) is 5.10. The third-order valence-corrected chi connectivity index (χ3v) is 7.37. The van der Waals surface area contributed by atoms with Crippen LogP contribution in [0.5, 0.6) is 0 Å². The van der Waals surface area contributed by atoms with E-state index >= 15 is 0 Å². The number of methoxy groups -OCH3 is 2. The summed E-state index contributed by atoms with van der Waals surface area (Å²) in [5.41, 5.74) is -3.69. The molecule has 0 bridgehead atoms. The molecule has 2 aromatic carbocycles. The SMILES string of the molecule is COC(=O)C1([N+](=O)[O-])C=CC(OC2C=CC(C(=O)OC)([N+](=O)[O-])C=C2c2ccccc2Cl)C(c2ccccc2Cl)=C1. The molecule has 0 saturated heterocycles. The molecule has 0 aliphatic heterocycles. The van der Waals surface area contributed by atoms with Crippen LogP contribution in [0.1, 0.15) is 11.1 Å². The first-order valence-electron chi connectivity index (χ1n) is 12.0. The molecular weight excluding hydrogens is 579 g/mol.